The van der Waals surface area contributed by atoms with Crippen LogP contribution in [0.15, 0.2) is 21.2 Å². The number of likely N-dealkylation sites (tertiary alicyclic amines) is 1. The van der Waals surface area contributed by atoms with Crippen LogP contribution >= 0.6 is 31.9 Å². The van der Waals surface area contributed by atoms with Crippen LogP contribution in [0, 0.1) is 5.92 Å². The van der Waals surface area contributed by atoms with Crippen molar-refractivity contribution >= 4 is 31.9 Å². The van der Waals surface area contributed by atoms with Gasteiger partial charge < -0.3 is 5.32 Å². The Labute approximate surface area is 145 Å². The average molecular weight is 419 g/mol. The summed E-state index contributed by atoms with van der Waals surface area (Å²) >= 11 is 7.20. The Morgan fingerprint density at radius 3 is 2.81 bits per heavy atom. The summed E-state index contributed by atoms with van der Waals surface area (Å²) in [6.07, 6.45) is 5.75. The molecule has 2 atom stereocenters. The lowest BCUT2D eigenvalue weighted by molar-refractivity contribution is 0.182. The van der Waals surface area contributed by atoms with Crippen molar-refractivity contribution in [1.29, 1.82) is 0 Å². The fourth-order valence-electron chi connectivity index (χ4n) is 3.10. The number of hydrogen-bond donors (Lipinski definition) is 1. The van der Waals surface area contributed by atoms with Gasteiger partial charge in [0.15, 0.2) is 0 Å². The van der Waals surface area contributed by atoms with E-state index in [1.54, 1.807) is 0 Å². The number of rotatable bonds is 4. The van der Waals surface area contributed by atoms with Gasteiger partial charge in [-0.25, -0.2) is 0 Å². The third kappa shape index (κ3) is 4.75. The molecule has 1 aromatic heterocycles. The second-order valence-electron chi connectivity index (χ2n) is 6.26. The first kappa shape index (κ1) is 17.4. The second-order valence-corrected chi connectivity index (χ2v) is 8.03. The smallest absolute Gasteiger partial charge is 0.0721 e. The summed E-state index contributed by atoms with van der Waals surface area (Å²) in [4.78, 5) is 7.18. The zero-order valence-electron chi connectivity index (χ0n) is 13.1. The van der Waals surface area contributed by atoms with E-state index < -0.39 is 0 Å². The zero-order chi connectivity index (χ0) is 15.4. The number of pyridine rings is 1. The summed E-state index contributed by atoms with van der Waals surface area (Å²) < 4.78 is 2.12. The van der Waals surface area contributed by atoms with Gasteiger partial charge in [0, 0.05) is 27.7 Å². The van der Waals surface area contributed by atoms with Gasteiger partial charge in [-0.2, -0.15) is 0 Å². The number of halogens is 2. The summed E-state index contributed by atoms with van der Waals surface area (Å²) in [6, 6.07) is 3.01. The molecule has 1 aliphatic rings. The van der Waals surface area contributed by atoms with Crippen molar-refractivity contribution in [2.75, 3.05) is 20.1 Å². The van der Waals surface area contributed by atoms with Crippen LogP contribution in [0.25, 0.3) is 0 Å². The molecular weight excluding hydrogens is 394 g/mol. The first-order valence-corrected chi connectivity index (χ1v) is 9.32. The molecule has 0 aliphatic carbocycles. The maximum atomic E-state index is 4.71. The summed E-state index contributed by atoms with van der Waals surface area (Å²) in [6.45, 7) is 6.62. The van der Waals surface area contributed by atoms with Gasteiger partial charge in [0.1, 0.15) is 0 Å². The predicted molar refractivity (Wildman–Crippen MR) is 95.5 cm³/mol. The highest BCUT2D eigenvalue weighted by Crippen LogP contribution is 2.37. The Bertz CT molecular complexity index is 465. The van der Waals surface area contributed by atoms with E-state index in [2.05, 4.69) is 69.0 Å². The van der Waals surface area contributed by atoms with Gasteiger partial charge in [-0.1, -0.05) is 20.3 Å². The van der Waals surface area contributed by atoms with Gasteiger partial charge in [0.05, 0.1) is 11.7 Å². The molecule has 118 valence electrons. The fraction of sp³-hybridized carbons (Fsp3) is 0.688. The van der Waals surface area contributed by atoms with E-state index in [1.165, 1.54) is 19.3 Å². The lowest BCUT2D eigenvalue weighted by Gasteiger charge is -2.33. The first-order valence-electron chi connectivity index (χ1n) is 7.73. The predicted octanol–water partition coefficient (Wildman–Crippen LogP) is 4.38. The number of aromatic nitrogens is 1. The van der Waals surface area contributed by atoms with E-state index in [9.17, 15) is 0 Å². The van der Waals surface area contributed by atoms with Crippen molar-refractivity contribution in [1.82, 2.24) is 15.2 Å². The molecule has 0 radical (unpaired) electrons. The molecule has 0 spiro atoms. The van der Waals surface area contributed by atoms with Crippen molar-refractivity contribution in [3.8, 4) is 0 Å². The molecule has 5 heteroatoms. The van der Waals surface area contributed by atoms with Gasteiger partial charge in [0.2, 0.25) is 0 Å². The minimum atomic E-state index is 0.376. The highest BCUT2D eigenvalue weighted by Gasteiger charge is 2.31. The van der Waals surface area contributed by atoms with Crippen LogP contribution in [0.5, 0.6) is 0 Å². The molecule has 0 aromatic carbocycles. The number of nitrogens with one attached hydrogen (secondary N) is 1. The van der Waals surface area contributed by atoms with E-state index >= 15 is 0 Å². The van der Waals surface area contributed by atoms with Crippen LogP contribution in [0.3, 0.4) is 0 Å². The van der Waals surface area contributed by atoms with Crippen molar-refractivity contribution < 1.29 is 0 Å². The highest BCUT2D eigenvalue weighted by atomic mass is 79.9. The molecule has 0 bridgehead atoms. The third-order valence-electron chi connectivity index (χ3n) is 4.16. The van der Waals surface area contributed by atoms with Crippen molar-refractivity contribution in [2.45, 2.75) is 45.2 Å². The molecular formula is C16H25Br2N3. The molecule has 21 heavy (non-hydrogen) atoms. The van der Waals surface area contributed by atoms with Crippen molar-refractivity contribution in [3.63, 3.8) is 0 Å². The minimum absolute atomic E-state index is 0.376. The normalized spacial score (nSPS) is 24.3. The van der Waals surface area contributed by atoms with Crippen LogP contribution in [0.4, 0.5) is 0 Å². The van der Waals surface area contributed by atoms with E-state index in [0.29, 0.717) is 18.0 Å². The van der Waals surface area contributed by atoms with Gasteiger partial charge in [-0.3, -0.25) is 9.88 Å². The molecule has 0 saturated carbocycles. The minimum Gasteiger partial charge on any atom is -0.314 e. The molecule has 1 aliphatic heterocycles. The molecule has 2 rings (SSSR count). The van der Waals surface area contributed by atoms with Gasteiger partial charge >= 0.3 is 0 Å². The lowest BCUT2D eigenvalue weighted by Crippen LogP contribution is -2.37. The number of hydrogen-bond acceptors (Lipinski definition) is 3. The standard InChI is InChI=1S/C16H25Br2N3/c1-11(2)19-9-12-6-4-5-7-21(3)16(12)15-14(18)8-13(17)10-20-15/h8,10-12,16,19H,4-7,9H2,1-3H3. The Hall–Kier alpha value is 0.0300. The maximum absolute atomic E-state index is 4.71. The summed E-state index contributed by atoms with van der Waals surface area (Å²) in [5, 5.41) is 3.62. The Balaban J connectivity index is 2.27. The van der Waals surface area contributed by atoms with E-state index in [1.807, 2.05) is 6.20 Å². The van der Waals surface area contributed by atoms with Crippen LogP contribution in [0.1, 0.15) is 44.8 Å². The van der Waals surface area contributed by atoms with Crippen LogP contribution < -0.4 is 5.32 Å². The zero-order valence-corrected chi connectivity index (χ0v) is 16.2. The third-order valence-corrected chi connectivity index (χ3v) is 5.23. The molecule has 2 unspecified atom stereocenters. The van der Waals surface area contributed by atoms with Crippen LogP contribution in [0.2, 0.25) is 0 Å². The first-order chi connectivity index (χ1) is 9.99. The summed E-state index contributed by atoms with van der Waals surface area (Å²) in [7, 11) is 2.23. The average Bonchev–Trinajstić information content (AvgIpc) is 2.59. The van der Waals surface area contributed by atoms with E-state index in [0.717, 1.165) is 27.7 Å². The van der Waals surface area contributed by atoms with Gasteiger partial charge in [0.25, 0.3) is 0 Å². The Morgan fingerprint density at radius 1 is 1.38 bits per heavy atom. The fourth-order valence-corrected chi connectivity index (χ4v) is 4.32. The van der Waals surface area contributed by atoms with E-state index in [4.69, 9.17) is 4.98 Å². The van der Waals surface area contributed by atoms with Crippen LogP contribution in [-0.2, 0) is 0 Å². The Morgan fingerprint density at radius 2 is 2.14 bits per heavy atom. The Kier molecular flexibility index (Phi) is 6.66. The number of nitrogens with zero attached hydrogens (tertiary/aromatic N) is 2. The van der Waals surface area contributed by atoms with Gasteiger partial charge in [-0.05, 0) is 70.3 Å². The summed E-state index contributed by atoms with van der Waals surface area (Å²) in [5.41, 5.74) is 1.16. The molecule has 1 fully saturated rings. The van der Waals surface area contributed by atoms with Gasteiger partial charge in [-0.15, -0.1) is 0 Å². The quantitative estimate of drug-likeness (QED) is 0.786. The SMILES string of the molecule is CC(C)NCC1CCCCN(C)C1c1ncc(Br)cc1Br. The highest BCUT2D eigenvalue weighted by molar-refractivity contribution is 9.11. The largest absolute Gasteiger partial charge is 0.314 e. The molecule has 2 heterocycles. The van der Waals surface area contributed by atoms with E-state index in [-0.39, 0.29) is 0 Å². The molecule has 0 amide bonds. The van der Waals surface area contributed by atoms with Crippen LogP contribution in [-0.4, -0.2) is 36.1 Å². The molecule has 1 N–H and O–H groups in total. The molecule has 3 nitrogen and oxygen atoms in total. The summed E-state index contributed by atoms with van der Waals surface area (Å²) in [5.74, 6) is 0.602. The lowest BCUT2D eigenvalue weighted by atomic mass is 9.91. The monoisotopic (exact) mass is 417 g/mol. The maximum Gasteiger partial charge on any atom is 0.0721 e. The molecule has 1 saturated heterocycles. The van der Waals surface area contributed by atoms with Crippen molar-refractivity contribution in [2.24, 2.45) is 5.92 Å². The van der Waals surface area contributed by atoms with Crippen molar-refractivity contribution in [3.05, 3.63) is 26.9 Å². The topological polar surface area (TPSA) is 28.2 Å². The second kappa shape index (κ2) is 8.04. The molecule has 1 aromatic rings.